The minimum atomic E-state index is -3.41. The number of benzene rings is 1. The van der Waals surface area contributed by atoms with Gasteiger partial charge >= 0.3 is 0 Å². The second-order valence-corrected chi connectivity index (χ2v) is 7.10. The van der Waals surface area contributed by atoms with Crippen molar-refractivity contribution in [1.29, 1.82) is 0 Å². The first-order valence-corrected chi connectivity index (χ1v) is 8.45. The highest BCUT2D eigenvalue weighted by molar-refractivity contribution is 7.92. The molecule has 112 valence electrons. The zero-order chi connectivity index (χ0) is 15.3. The first kappa shape index (κ1) is 16.8. The summed E-state index contributed by atoms with van der Waals surface area (Å²) in [5, 5.41) is 3.23. The number of sulfonamides is 1. The fourth-order valence-electron chi connectivity index (χ4n) is 1.58. The van der Waals surface area contributed by atoms with Crippen molar-refractivity contribution >= 4 is 33.2 Å². The molecule has 1 aromatic rings. The molecule has 0 aliphatic heterocycles. The van der Waals surface area contributed by atoms with Crippen molar-refractivity contribution in [3.63, 3.8) is 0 Å². The van der Waals surface area contributed by atoms with E-state index < -0.39 is 10.0 Å². The molecule has 1 amide bonds. The Morgan fingerprint density at radius 2 is 1.85 bits per heavy atom. The van der Waals surface area contributed by atoms with E-state index in [9.17, 15) is 13.2 Å². The third-order valence-electron chi connectivity index (χ3n) is 2.65. The normalized spacial score (nSPS) is 11.4. The first-order chi connectivity index (χ1) is 9.21. The highest BCUT2D eigenvalue weighted by atomic mass is 35.5. The molecule has 0 aliphatic rings. The predicted molar refractivity (Wildman–Crippen MR) is 81.5 cm³/mol. The summed E-state index contributed by atoms with van der Waals surface area (Å²) in [4.78, 5) is 11.5. The lowest BCUT2D eigenvalue weighted by molar-refractivity contribution is -0.123. The van der Waals surface area contributed by atoms with Gasteiger partial charge in [-0.1, -0.05) is 25.4 Å². The molecule has 0 heterocycles. The van der Waals surface area contributed by atoms with Crippen LogP contribution in [0.2, 0.25) is 5.02 Å². The van der Waals surface area contributed by atoms with Crippen LogP contribution in [0.5, 0.6) is 0 Å². The molecule has 0 spiro atoms. The van der Waals surface area contributed by atoms with Gasteiger partial charge in [0, 0.05) is 17.5 Å². The molecule has 0 fully saturated rings. The fourth-order valence-corrected chi connectivity index (χ4v) is 2.63. The summed E-state index contributed by atoms with van der Waals surface area (Å²) in [6, 6.07) is 6.52. The molecule has 20 heavy (non-hydrogen) atoms. The van der Waals surface area contributed by atoms with Crippen LogP contribution in [0.4, 0.5) is 5.69 Å². The van der Waals surface area contributed by atoms with Crippen LogP contribution in [-0.2, 0) is 14.8 Å². The number of nitrogens with one attached hydrogen (secondary N) is 1. The van der Waals surface area contributed by atoms with E-state index >= 15 is 0 Å². The molecule has 0 aromatic heterocycles. The predicted octanol–water partition coefficient (Wildman–Crippen LogP) is 1.88. The van der Waals surface area contributed by atoms with Gasteiger partial charge in [-0.15, -0.1) is 0 Å². The Morgan fingerprint density at radius 3 is 2.30 bits per heavy atom. The average Bonchev–Trinajstić information content (AvgIpc) is 2.34. The van der Waals surface area contributed by atoms with Gasteiger partial charge in [0.25, 0.3) is 0 Å². The first-order valence-electron chi connectivity index (χ1n) is 6.23. The van der Waals surface area contributed by atoms with E-state index in [0.717, 1.165) is 6.26 Å². The zero-order valence-corrected chi connectivity index (χ0v) is 13.3. The Bertz CT molecular complexity index is 555. The molecule has 1 N–H and O–H groups in total. The quantitative estimate of drug-likeness (QED) is 0.871. The number of halogens is 1. The molecule has 7 heteroatoms. The van der Waals surface area contributed by atoms with Crippen LogP contribution in [0, 0.1) is 5.92 Å². The number of carbonyl (C=O) groups excluding carboxylic acids is 1. The summed E-state index contributed by atoms with van der Waals surface area (Å²) in [6.45, 7) is 4.00. The summed E-state index contributed by atoms with van der Waals surface area (Å²) >= 11 is 5.79. The molecule has 5 nitrogen and oxygen atoms in total. The van der Waals surface area contributed by atoms with E-state index in [0.29, 0.717) is 10.7 Å². The van der Waals surface area contributed by atoms with Crippen LogP contribution in [0.25, 0.3) is 0 Å². The molecule has 1 aromatic carbocycles. The van der Waals surface area contributed by atoms with Gasteiger partial charge in [0.15, 0.2) is 0 Å². The second-order valence-electron chi connectivity index (χ2n) is 4.76. The number of hydrogen-bond donors (Lipinski definition) is 1. The van der Waals surface area contributed by atoms with Gasteiger partial charge in [-0.25, -0.2) is 8.42 Å². The lowest BCUT2D eigenvalue weighted by atomic mass is 10.2. The van der Waals surface area contributed by atoms with Crippen molar-refractivity contribution < 1.29 is 13.2 Å². The minimum absolute atomic E-state index is 0.102. The minimum Gasteiger partial charge on any atom is -0.354 e. The van der Waals surface area contributed by atoms with Gasteiger partial charge in [0.05, 0.1) is 18.5 Å². The Labute approximate surface area is 125 Å². The number of carbonyl (C=O) groups is 1. The topological polar surface area (TPSA) is 66.5 Å². The van der Waals surface area contributed by atoms with E-state index in [1.165, 1.54) is 4.31 Å². The largest absolute Gasteiger partial charge is 0.354 e. The van der Waals surface area contributed by atoms with Crippen LogP contribution in [0.15, 0.2) is 24.3 Å². The van der Waals surface area contributed by atoms with Crippen LogP contribution in [0.1, 0.15) is 13.8 Å². The number of rotatable bonds is 6. The summed E-state index contributed by atoms with van der Waals surface area (Å²) in [7, 11) is -3.41. The van der Waals surface area contributed by atoms with Crippen LogP contribution in [-0.4, -0.2) is 33.7 Å². The SMILES string of the molecule is CC(C)C(=O)NCCN(c1ccc(Cl)cc1)S(C)(=O)=O. The maximum atomic E-state index is 11.8. The summed E-state index contributed by atoms with van der Waals surface area (Å²) in [6.07, 6.45) is 1.13. The van der Waals surface area contributed by atoms with Crippen molar-refractivity contribution in [2.45, 2.75) is 13.8 Å². The molecule has 0 atom stereocenters. The molecule has 0 bridgehead atoms. The number of hydrogen-bond acceptors (Lipinski definition) is 3. The Morgan fingerprint density at radius 1 is 1.30 bits per heavy atom. The molecule has 0 saturated carbocycles. The van der Waals surface area contributed by atoms with Gasteiger partial charge in [0.2, 0.25) is 15.9 Å². The van der Waals surface area contributed by atoms with E-state index in [4.69, 9.17) is 11.6 Å². The van der Waals surface area contributed by atoms with Crippen LogP contribution < -0.4 is 9.62 Å². The number of anilines is 1. The zero-order valence-electron chi connectivity index (χ0n) is 11.8. The van der Waals surface area contributed by atoms with Gasteiger partial charge in [0.1, 0.15) is 0 Å². The lowest BCUT2D eigenvalue weighted by Gasteiger charge is -2.22. The molecule has 0 unspecified atom stereocenters. The molecule has 0 saturated heterocycles. The number of nitrogens with zero attached hydrogens (tertiary/aromatic N) is 1. The van der Waals surface area contributed by atoms with Gasteiger partial charge in [-0.2, -0.15) is 0 Å². The lowest BCUT2D eigenvalue weighted by Crippen LogP contribution is -2.39. The maximum absolute atomic E-state index is 11.8. The Balaban J connectivity index is 2.77. The van der Waals surface area contributed by atoms with Gasteiger partial charge < -0.3 is 5.32 Å². The third-order valence-corrected chi connectivity index (χ3v) is 4.10. The van der Waals surface area contributed by atoms with Gasteiger partial charge in [-0.3, -0.25) is 9.10 Å². The highest BCUT2D eigenvalue weighted by Gasteiger charge is 2.17. The van der Waals surface area contributed by atoms with Crippen molar-refractivity contribution in [2.75, 3.05) is 23.7 Å². The molecule has 0 radical (unpaired) electrons. The van der Waals surface area contributed by atoms with Crippen LogP contribution >= 0.6 is 11.6 Å². The number of amides is 1. The van der Waals surface area contributed by atoms with E-state index in [2.05, 4.69) is 5.32 Å². The van der Waals surface area contributed by atoms with Gasteiger partial charge in [-0.05, 0) is 24.3 Å². The third kappa shape index (κ3) is 5.02. The molecular formula is C13H19ClN2O3S. The summed E-state index contributed by atoms with van der Waals surface area (Å²) < 4.78 is 24.9. The maximum Gasteiger partial charge on any atom is 0.232 e. The molecular weight excluding hydrogens is 300 g/mol. The van der Waals surface area contributed by atoms with Crippen molar-refractivity contribution in [1.82, 2.24) is 5.32 Å². The summed E-state index contributed by atoms with van der Waals surface area (Å²) in [5.41, 5.74) is 0.524. The standard InChI is InChI=1S/C13H19ClN2O3S/c1-10(2)13(17)15-8-9-16(20(3,18)19)12-6-4-11(14)5-7-12/h4-7,10H,8-9H2,1-3H3,(H,15,17). The highest BCUT2D eigenvalue weighted by Crippen LogP contribution is 2.19. The van der Waals surface area contributed by atoms with E-state index in [-0.39, 0.29) is 24.9 Å². The van der Waals surface area contributed by atoms with Crippen molar-refractivity contribution in [3.8, 4) is 0 Å². The monoisotopic (exact) mass is 318 g/mol. The molecule has 0 aliphatic carbocycles. The molecule has 1 rings (SSSR count). The Hall–Kier alpha value is -1.27. The smallest absolute Gasteiger partial charge is 0.232 e. The Kier molecular flexibility index (Phi) is 5.83. The second kappa shape index (κ2) is 6.95. The fraction of sp³-hybridized carbons (Fsp3) is 0.462. The van der Waals surface area contributed by atoms with Crippen LogP contribution in [0.3, 0.4) is 0 Å². The average molecular weight is 319 g/mol. The van der Waals surface area contributed by atoms with Crippen molar-refractivity contribution in [3.05, 3.63) is 29.3 Å². The van der Waals surface area contributed by atoms with E-state index in [1.807, 2.05) is 0 Å². The summed E-state index contributed by atoms with van der Waals surface area (Å²) in [5.74, 6) is -0.230. The van der Waals surface area contributed by atoms with Crippen molar-refractivity contribution in [2.24, 2.45) is 5.92 Å². The van der Waals surface area contributed by atoms with E-state index in [1.54, 1.807) is 38.1 Å².